The van der Waals surface area contributed by atoms with E-state index in [0.29, 0.717) is 24.9 Å². The Kier molecular flexibility index (Phi) is 6.68. The van der Waals surface area contributed by atoms with E-state index < -0.39 is 5.41 Å². The van der Waals surface area contributed by atoms with Crippen LogP contribution in [-0.2, 0) is 15.0 Å². The van der Waals surface area contributed by atoms with Crippen LogP contribution < -0.4 is 14.4 Å². The largest absolute Gasteiger partial charge is 0.497 e. The van der Waals surface area contributed by atoms with Crippen molar-refractivity contribution >= 4 is 28.5 Å². The minimum atomic E-state index is -0.565. The van der Waals surface area contributed by atoms with E-state index in [-0.39, 0.29) is 29.9 Å². The Labute approximate surface area is 257 Å². The van der Waals surface area contributed by atoms with Crippen LogP contribution in [0.15, 0.2) is 54.9 Å². The van der Waals surface area contributed by atoms with Crippen LogP contribution in [0, 0.1) is 5.92 Å². The third-order valence-corrected chi connectivity index (χ3v) is 9.84. The van der Waals surface area contributed by atoms with E-state index in [1.54, 1.807) is 12.0 Å². The van der Waals surface area contributed by atoms with E-state index in [1.807, 2.05) is 87.6 Å². The van der Waals surface area contributed by atoms with Crippen LogP contribution in [0.5, 0.6) is 11.6 Å². The predicted octanol–water partition coefficient (Wildman–Crippen LogP) is 6.07. The van der Waals surface area contributed by atoms with Gasteiger partial charge in [-0.15, -0.1) is 0 Å². The normalized spacial score (nSPS) is 20.7. The van der Waals surface area contributed by atoms with Crippen LogP contribution in [-0.4, -0.2) is 58.1 Å². The van der Waals surface area contributed by atoms with Gasteiger partial charge in [0.1, 0.15) is 17.4 Å². The number of anilines is 1. The molecule has 3 atom stereocenters. The molecule has 2 amide bonds. The second-order valence-electron chi connectivity index (χ2n) is 13.1. The van der Waals surface area contributed by atoms with Crippen LogP contribution in [0.1, 0.15) is 70.2 Å². The Morgan fingerprint density at radius 2 is 1.77 bits per heavy atom. The number of imidazole rings is 1. The maximum Gasteiger partial charge on any atom is 0.241 e. The molecule has 0 N–H and O–H groups in total. The zero-order valence-corrected chi connectivity index (χ0v) is 26.2. The van der Waals surface area contributed by atoms with E-state index in [2.05, 4.69) is 11.5 Å². The van der Waals surface area contributed by atoms with E-state index >= 15 is 0 Å². The molecule has 7 rings (SSSR count). The number of methoxy groups -OCH3 is 1. The number of likely N-dealkylation sites (tertiary alicyclic amines) is 1. The van der Waals surface area contributed by atoms with Gasteiger partial charge < -0.3 is 23.8 Å². The first kappa shape index (κ1) is 28.4. The number of aromatic nitrogens is 3. The molecular formula is C35H39N5O4. The van der Waals surface area contributed by atoms with Crippen molar-refractivity contribution in [2.24, 2.45) is 5.92 Å². The molecule has 0 bridgehead atoms. The summed E-state index contributed by atoms with van der Waals surface area (Å²) in [4.78, 5) is 39.6. The molecule has 2 aromatic carbocycles. The van der Waals surface area contributed by atoms with Gasteiger partial charge in [0, 0.05) is 43.2 Å². The summed E-state index contributed by atoms with van der Waals surface area (Å²) in [6, 6.07) is 16.4. The number of fused-ring (bicyclic) bond motifs is 2. The smallest absolute Gasteiger partial charge is 0.241 e. The van der Waals surface area contributed by atoms with Crippen molar-refractivity contribution in [3.63, 3.8) is 0 Å². The summed E-state index contributed by atoms with van der Waals surface area (Å²) >= 11 is 0. The number of benzene rings is 2. The summed E-state index contributed by atoms with van der Waals surface area (Å²) in [5, 5.41) is 0. The number of hydrogen-bond acceptors (Lipinski definition) is 6. The topological polar surface area (TPSA) is 89.8 Å². The minimum Gasteiger partial charge on any atom is -0.497 e. The number of carbonyl (C=O) groups excluding carboxylic acids is 2. The van der Waals surface area contributed by atoms with Crippen molar-refractivity contribution in [3.8, 4) is 22.9 Å². The molecule has 1 unspecified atom stereocenters. The van der Waals surface area contributed by atoms with Crippen molar-refractivity contribution in [1.82, 2.24) is 19.4 Å². The molecule has 1 saturated carbocycles. The number of carbonyl (C=O) groups is 2. The maximum atomic E-state index is 13.2. The molecule has 4 heterocycles. The van der Waals surface area contributed by atoms with E-state index in [1.165, 1.54) is 0 Å². The maximum absolute atomic E-state index is 13.2. The van der Waals surface area contributed by atoms with E-state index in [4.69, 9.17) is 19.4 Å². The molecule has 228 valence electrons. The highest BCUT2D eigenvalue weighted by molar-refractivity contribution is 6.07. The third kappa shape index (κ3) is 4.60. The number of hydrogen-bond donors (Lipinski definition) is 0. The predicted molar refractivity (Wildman–Crippen MR) is 169 cm³/mol. The molecule has 1 saturated heterocycles. The van der Waals surface area contributed by atoms with Crippen molar-refractivity contribution in [1.29, 1.82) is 0 Å². The molecule has 2 fully saturated rings. The lowest BCUT2D eigenvalue weighted by molar-refractivity contribution is -0.129. The fourth-order valence-corrected chi connectivity index (χ4v) is 6.81. The summed E-state index contributed by atoms with van der Waals surface area (Å²) in [5.74, 6) is 1.56. The molecule has 44 heavy (non-hydrogen) atoms. The van der Waals surface area contributed by atoms with Crippen LogP contribution in [0.2, 0.25) is 0 Å². The molecule has 0 radical (unpaired) electrons. The lowest BCUT2D eigenvalue weighted by Gasteiger charge is -2.27. The molecule has 1 aliphatic carbocycles. The zero-order valence-electron chi connectivity index (χ0n) is 26.2. The van der Waals surface area contributed by atoms with Gasteiger partial charge in [-0.1, -0.05) is 24.3 Å². The van der Waals surface area contributed by atoms with Crippen LogP contribution in [0.3, 0.4) is 0 Å². The molecule has 9 nitrogen and oxygen atoms in total. The highest BCUT2D eigenvalue weighted by atomic mass is 16.5. The summed E-state index contributed by atoms with van der Waals surface area (Å²) in [6.07, 6.45) is 4.29. The van der Waals surface area contributed by atoms with Gasteiger partial charge in [0.05, 0.1) is 36.1 Å². The van der Waals surface area contributed by atoms with Gasteiger partial charge in [-0.25, -0.2) is 9.97 Å². The summed E-state index contributed by atoms with van der Waals surface area (Å²) in [7, 11) is 3.48. The number of amides is 2. The first-order valence-corrected chi connectivity index (χ1v) is 15.5. The Morgan fingerprint density at radius 3 is 2.48 bits per heavy atom. The van der Waals surface area contributed by atoms with Gasteiger partial charge in [0.15, 0.2) is 0 Å². The molecular weight excluding hydrogens is 554 g/mol. The average Bonchev–Trinajstić information content (AvgIpc) is 3.61. The summed E-state index contributed by atoms with van der Waals surface area (Å²) in [6.45, 7) is 8.64. The fourth-order valence-electron chi connectivity index (χ4n) is 6.81. The number of ether oxygens (including phenoxy) is 2. The zero-order chi connectivity index (χ0) is 30.9. The SMILES string of the molecule is COc1ccc([C@@H](C)N2CC([C@@H](C)Oc3nc(-c4ccc5c(c4)N(C)C(=O)C5(C)C)cc4ncn(C5CC5)c34)CC2=O)cc1. The monoisotopic (exact) mass is 593 g/mol. The molecule has 3 aliphatic rings. The lowest BCUT2D eigenvalue weighted by atomic mass is 9.85. The van der Waals surface area contributed by atoms with Gasteiger partial charge >= 0.3 is 0 Å². The molecule has 2 aromatic heterocycles. The quantitative estimate of drug-likeness (QED) is 0.246. The van der Waals surface area contributed by atoms with Gasteiger partial charge in [-0.3, -0.25) is 9.59 Å². The molecule has 4 aromatic rings. The van der Waals surface area contributed by atoms with Crippen LogP contribution in [0.4, 0.5) is 5.69 Å². The van der Waals surface area contributed by atoms with E-state index in [9.17, 15) is 9.59 Å². The Hall–Kier alpha value is -4.40. The van der Waals surface area contributed by atoms with Crippen LogP contribution in [0.25, 0.3) is 22.3 Å². The summed E-state index contributed by atoms with van der Waals surface area (Å²) < 4.78 is 14.2. The van der Waals surface area contributed by atoms with Gasteiger partial charge in [-0.2, -0.15) is 0 Å². The minimum absolute atomic E-state index is 0.0166. The molecule has 9 heteroatoms. The van der Waals surface area contributed by atoms with Gasteiger partial charge in [0.2, 0.25) is 17.7 Å². The second-order valence-corrected chi connectivity index (χ2v) is 13.1. The van der Waals surface area contributed by atoms with Crippen LogP contribution >= 0.6 is 0 Å². The fraction of sp³-hybridized carbons (Fsp3) is 0.429. The molecule has 0 spiro atoms. The van der Waals surface area contributed by atoms with Crippen molar-refractivity contribution in [3.05, 3.63) is 66.0 Å². The van der Waals surface area contributed by atoms with Gasteiger partial charge in [-0.05, 0) is 75.9 Å². The number of likely N-dealkylation sites (N-methyl/N-ethyl adjacent to an activating group) is 1. The first-order valence-electron chi connectivity index (χ1n) is 15.5. The Morgan fingerprint density at radius 1 is 1.02 bits per heavy atom. The lowest BCUT2D eigenvalue weighted by Crippen LogP contribution is -2.33. The van der Waals surface area contributed by atoms with E-state index in [0.717, 1.165) is 57.7 Å². The Balaban J connectivity index is 1.18. The van der Waals surface area contributed by atoms with Crippen molar-refractivity contribution in [2.45, 2.75) is 70.6 Å². The first-order chi connectivity index (χ1) is 21.1. The van der Waals surface area contributed by atoms with Gasteiger partial charge in [0.25, 0.3) is 0 Å². The van der Waals surface area contributed by atoms with Crippen molar-refractivity contribution in [2.75, 3.05) is 25.6 Å². The average molecular weight is 594 g/mol. The second kappa shape index (κ2) is 10.4. The summed E-state index contributed by atoms with van der Waals surface area (Å²) in [5.41, 5.74) is 5.78. The number of rotatable bonds is 8. The van der Waals surface area contributed by atoms with Crippen molar-refractivity contribution < 1.29 is 19.1 Å². The highest BCUT2D eigenvalue weighted by Gasteiger charge is 2.42. The highest BCUT2D eigenvalue weighted by Crippen LogP contribution is 2.44. The number of nitrogens with zero attached hydrogens (tertiary/aromatic N) is 5. The number of pyridine rings is 1. The standard InChI is InChI=1S/C35H39N5O4/c1-20(22-7-12-26(43-6)13-8-22)39-18-24(16-31(39)41)21(2)44-33-32-29(36-19-40(32)25-10-11-25)17-28(37-33)23-9-14-27-30(15-23)38(5)34(42)35(27,3)4/h7-9,12-15,17,19-21,24-25H,10-11,16,18H2,1-6H3/t20-,21-,24?/m1/s1. The Bertz CT molecular complexity index is 1770. The molecule has 2 aliphatic heterocycles. The third-order valence-electron chi connectivity index (χ3n) is 9.84.